The Balaban J connectivity index is 0.968. The summed E-state index contributed by atoms with van der Waals surface area (Å²) >= 11 is 0. The monoisotopic (exact) mass is 732 g/mol. The van der Waals surface area contributed by atoms with Gasteiger partial charge in [0.1, 0.15) is 0 Å². The number of unbranched alkanes of at least 4 members (excludes halogenated alkanes) is 11. The number of likely N-dealkylation sites (tertiary alicyclic amines) is 1. The van der Waals surface area contributed by atoms with Crippen molar-refractivity contribution in [3.05, 3.63) is 107 Å². The van der Waals surface area contributed by atoms with E-state index in [0.29, 0.717) is 17.7 Å². The van der Waals surface area contributed by atoms with Gasteiger partial charge in [0, 0.05) is 54.7 Å². The Morgan fingerprint density at radius 1 is 0.556 bits per heavy atom. The van der Waals surface area contributed by atoms with Crippen molar-refractivity contribution in [2.75, 3.05) is 19.6 Å². The Morgan fingerprint density at radius 3 is 1.44 bits per heavy atom. The van der Waals surface area contributed by atoms with E-state index in [1.165, 1.54) is 75.3 Å². The molecule has 1 heterocycles. The van der Waals surface area contributed by atoms with Crippen LogP contribution in [0.4, 0.5) is 0 Å². The van der Waals surface area contributed by atoms with Crippen LogP contribution < -0.4 is 16.0 Å². The number of hydrogen-bond acceptors (Lipinski definition) is 4. The number of nitrogens with one attached hydrogen (secondary N) is 3. The maximum absolute atomic E-state index is 13.8. The number of carbonyl (C=O) groups excluding carboxylic acids is 4. The molecule has 8 nitrogen and oxygen atoms in total. The maximum Gasteiger partial charge on any atom is 0.253 e. The first-order chi connectivity index (χ1) is 26.4. The first-order valence-electron chi connectivity index (χ1n) is 20.8. The largest absolute Gasteiger partial charge is 0.352 e. The van der Waals surface area contributed by atoms with Gasteiger partial charge in [0.2, 0.25) is 11.8 Å². The molecule has 3 aliphatic rings. The van der Waals surface area contributed by atoms with Crippen molar-refractivity contribution in [3.8, 4) is 0 Å². The van der Waals surface area contributed by atoms with Crippen LogP contribution in [-0.4, -0.2) is 60.2 Å². The average Bonchev–Trinajstić information content (AvgIpc) is 4.11. The maximum atomic E-state index is 13.8. The minimum Gasteiger partial charge on any atom is -0.352 e. The van der Waals surface area contributed by atoms with E-state index in [9.17, 15) is 19.2 Å². The lowest BCUT2D eigenvalue weighted by Gasteiger charge is -2.18. The highest BCUT2D eigenvalue weighted by Crippen LogP contribution is 2.42. The molecule has 1 aliphatic heterocycles. The van der Waals surface area contributed by atoms with Gasteiger partial charge in [-0.2, -0.15) is 0 Å². The Morgan fingerprint density at radius 2 is 0.981 bits per heavy atom. The highest BCUT2D eigenvalue weighted by molar-refractivity contribution is 5.99. The van der Waals surface area contributed by atoms with Crippen LogP contribution in [0, 0.1) is 11.8 Å². The molecule has 6 rings (SSSR count). The van der Waals surface area contributed by atoms with Crippen LogP contribution in [-0.2, 0) is 9.59 Å². The van der Waals surface area contributed by atoms with Crippen molar-refractivity contribution < 1.29 is 19.2 Å². The SMILES string of the molecule is CCCCCCCCCCCCCCNC(=O)c1ccc(C(=O)N2CC(C(=O)N[C@H]3C[C@@H]3c3ccccc3)C(C(=O)N[C@H]3C[C@@H]3c3ccccc3)C2)cc1. The second-order valence-electron chi connectivity index (χ2n) is 15.9. The summed E-state index contributed by atoms with van der Waals surface area (Å²) in [5.74, 6) is -1.51. The van der Waals surface area contributed by atoms with Gasteiger partial charge in [0.05, 0.1) is 11.8 Å². The topological polar surface area (TPSA) is 108 Å². The number of carbonyl (C=O) groups is 4. The zero-order valence-electron chi connectivity index (χ0n) is 32.1. The van der Waals surface area contributed by atoms with E-state index in [2.05, 4.69) is 47.1 Å². The average molecular weight is 733 g/mol. The summed E-state index contributed by atoms with van der Waals surface area (Å²) in [4.78, 5) is 55.8. The Bertz CT molecular complexity index is 1590. The van der Waals surface area contributed by atoms with Crippen LogP contribution in [0.3, 0.4) is 0 Å². The molecule has 0 spiro atoms. The predicted molar refractivity (Wildman–Crippen MR) is 214 cm³/mol. The predicted octanol–water partition coefficient (Wildman–Crippen LogP) is 8.15. The lowest BCUT2D eigenvalue weighted by Crippen LogP contribution is -2.43. The quantitative estimate of drug-likeness (QED) is 0.0962. The highest BCUT2D eigenvalue weighted by Gasteiger charge is 2.48. The molecule has 8 heteroatoms. The molecule has 4 amide bonds. The molecular formula is C46H60N4O4. The molecule has 3 fully saturated rings. The van der Waals surface area contributed by atoms with Gasteiger partial charge in [-0.25, -0.2) is 0 Å². The molecule has 0 bridgehead atoms. The third kappa shape index (κ3) is 11.0. The molecule has 0 aromatic heterocycles. The van der Waals surface area contributed by atoms with E-state index in [4.69, 9.17) is 0 Å². The van der Waals surface area contributed by atoms with E-state index < -0.39 is 11.8 Å². The Hall–Kier alpha value is -4.46. The summed E-state index contributed by atoms with van der Waals surface area (Å²) in [6.07, 6.45) is 17.0. The van der Waals surface area contributed by atoms with Gasteiger partial charge in [0.25, 0.3) is 11.8 Å². The van der Waals surface area contributed by atoms with E-state index in [1.54, 1.807) is 29.2 Å². The van der Waals surface area contributed by atoms with Crippen molar-refractivity contribution in [2.24, 2.45) is 11.8 Å². The molecule has 2 unspecified atom stereocenters. The molecule has 1 saturated heterocycles. The first kappa shape index (κ1) is 39.2. The van der Waals surface area contributed by atoms with Crippen LogP contribution in [0.2, 0.25) is 0 Å². The second-order valence-corrected chi connectivity index (χ2v) is 15.9. The van der Waals surface area contributed by atoms with Gasteiger partial charge < -0.3 is 20.9 Å². The summed E-state index contributed by atoms with van der Waals surface area (Å²) in [6, 6.07) is 27.1. The zero-order chi connectivity index (χ0) is 37.7. The van der Waals surface area contributed by atoms with Gasteiger partial charge in [0.15, 0.2) is 0 Å². The van der Waals surface area contributed by atoms with Crippen LogP contribution in [0.5, 0.6) is 0 Å². The number of benzene rings is 3. The van der Waals surface area contributed by atoms with Crippen molar-refractivity contribution >= 4 is 23.6 Å². The minimum atomic E-state index is -0.648. The number of nitrogens with zero attached hydrogens (tertiary/aromatic N) is 1. The zero-order valence-corrected chi connectivity index (χ0v) is 32.1. The van der Waals surface area contributed by atoms with Gasteiger partial charge in [-0.15, -0.1) is 0 Å². The van der Waals surface area contributed by atoms with Gasteiger partial charge in [-0.05, 0) is 54.7 Å². The van der Waals surface area contributed by atoms with Gasteiger partial charge >= 0.3 is 0 Å². The molecule has 3 aromatic rings. The van der Waals surface area contributed by atoms with Crippen LogP contribution >= 0.6 is 0 Å². The fraction of sp³-hybridized carbons (Fsp3) is 0.522. The standard InChI is InChI=1S/C46H60N4O4/c1-2-3-4-5-6-7-8-9-10-11-12-19-28-47-43(51)35-24-26-36(27-25-35)46(54)50-31-39(44(52)48-41-29-37(41)33-20-15-13-16-21-33)40(32-50)45(53)49-42-30-38(42)34-22-17-14-18-23-34/h13-18,20-27,37-42H,2-12,19,28-32H2,1H3,(H,47,51)(H,48,52)(H,49,53)/t37-,38-,39?,40?,41+,42+/m1/s1. The lowest BCUT2D eigenvalue weighted by atomic mass is 9.94. The van der Waals surface area contributed by atoms with Gasteiger partial charge in [-0.1, -0.05) is 138 Å². The van der Waals surface area contributed by atoms with Gasteiger partial charge in [-0.3, -0.25) is 19.2 Å². The molecule has 54 heavy (non-hydrogen) atoms. The summed E-state index contributed by atoms with van der Waals surface area (Å²) in [7, 11) is 0. The Kier molecular flexibility index (Phi) is 14.3. The smallest absolute Gasteiger partial charge is 0.253 e. The van der Waals surface area contributed by atoms with E-state index in [-0.39, 0.29) is 60.6 Å². The molecule has 6 atom stereocenters. The van der Waals surface area contributed by atoms with Crippen LogP contribution in [0.15, 0.2) is 84.9 Å². The summed E-state index contributed by atoms with van der Waals surface area (Å²) in [6.45, 7) is 3.23. The second kappa shape index (κ2) is 19.7. The molecule has 288 valence electrons. The van der Waals surface area contributed by atoms with Crippen molar-refractivity contribution in [2.45, 2.75) is 121 Å². The fourth-order valence-electron chi connectivity index (χ4n) is 8.14. The fourth-order valence-corrected chi connectivity index (χ4v) is 8.14. The Labute approximate surface area is 322 Å². The summed E-state index contributed by atoms with van der Waals surface area (Å²) in [5, 5.41) is 9.41. The molecule has 0 radical (unpaired) electrons. The third-order valence-corrected chi connectivity index (χ3v) is 11.7. The van der Waals surface area contributed by atoms with E-state index in [0.717, 1.165) is 25.7 Å². The molecular weight excluding hydrogens is 673 g/mol. The minimum absolute atomic E-state index is 0.0256. The molecule has 2 saturated carbocycles. The number of hydrogen-bond donors (Lipinski definition) is 3. The van der Waals surface area contributed by atoms with Crippen molar-refractivity contribution in [3.63, 3.8) is 0 Å². The van der Waals surface area contributed by atoms with E-state index in [1.807, 2.05) is 36.4 Å². The molecule has 3 aromatic carbocycles. The number of amides is 4. The molecule has 2 aliphatic carbocycles. The highest BCUT2D eigenvalue weighted by atomic mass is 16.2. The summed E-state index contributed by atoms with van der Waals surface area (Å²) < 4.78 is 0. The third-order valence-electron chi connectivity index (χ3n) is 11.7. The van der Waals surface area contributed by atoms with Crippen molar-refractivity contribution in [1.29, 1.82) is 0 Å². The van der Waals surface area contributed by atoms with Crippen LogP contribution in [0.1, 0.15) is 140 Å². The molecule has 3 N–H and O–H groups in total. The van der Waals surface area contributed by atoms with Crippen LogP contribution in [0.25, 0.3) is 0 Å². The normalized spacial score (nSPS) is 22.7. The van der Waals surface area contributed by atoms with E-state index >= 15 is 0 Å². The summed E-state index contributed by atoms with van der Waals surface area (Å²) in [5.41, 5.74) is 3.34. The van der Waals surface area contributed by atoms with Crippen molar-refractivity contribution in [1.82, 2.24) is 20.9 Å². The lowest BCUT2D eigenvalue weighted by molar-refractivity contribution is -0.133. The first-order valence-corrected chi connectivity index (χ1v) is 20.8. The number of rotatable bonds is 21.